The number of hydrogen-bond donors (Lipinski definition) is 2. The molecule has 1 aliphatic rings. The molecule has 0 saturated carbocycles. The Morgan fingerprint density at radius 2 is 2.35 bits per heavy atom. The molecule has 112 valence electrons. The zero-order chi connectivity index (χ0) is 14.2. The highest BCUT2D eigenvalue weighted by atomic mass is 32.1. The number of ether oxygens (including phenoxy) is 1. The van der Waals surface area contributed by atoms with Crippen LogP contribution >= 0.6 is 11.3 Å². The number of amides is 1. The smallest absolute Gasteiger partial charge is 0.222 e. The van der Waals surface area contributed by atoms with Crippen molar-refractivity contribution in [2.24, 2.45) is 0 Å². The Morgan fingerprint density at radius 1 is 1.55 bits per heavy atom. The highest BCUT2D eigenvalue weighted by Crippen LogP contribution is 2.08. The average molecular weight is 297 g/mol. The molecule has 0 bridgehead atoms. The van der Waals surface area contributed by atoms with E-state index in [0.29, 0.717) is 25.7 Å². The van der Waals surface area contributed by atoms with Gasteiger partial charge in [0.05, 0.1) is 23.4 Å². The minimum atomic E-state index is 0.0610. The fourth-order valence-electron chi connectivity index (χ4n) is 2.22. The lowest BCUT2D eigenvalue weighted by Gasteiger charge is -2.22. The van der Waals surface area contributed by atoms with E-state index in [-0.39, 0.29) is 5.91 Å². The first-order valence-electron chi connectivity index (χ1n) is 7.24. The first-order valence-corrected chi connectivity index (χ1v) is 8.12. The Bertz CT molecular complexity index is 416. The summed E-state index contributed by atoms with van der Waals surface area (Å²) in [6, 6.07) is 0. The number of nitrogens with zero attached hydrogens (tertiary/aromatic N) is 1. The van der Waals surface area contributed by atoms with E-state index in [1.165, 1.54) is 0 Å². The lowest BCUT2D eigenvalue weighted by Crippen LogP contribution is -2.33. The van der Waals surface area contributed by atoms with Gasteiger partial charge in [-0.05, 0) is 32.9 Å². The molecule has 20 heavy (non-hydrogen) atoms. The van der Waals surface area contributed by atoms with Crippen LogP contribution in [0.3, 0.4) is 0 Å². The van der Waals surface area contributed by atoms with Crippen molar-refractivity contribution in [3.05, 3.63) is 16.1 Å². The summed E-state index contributed by atoms with van der Waals surface area (Å²) in [5.74, 6) is 0.0610. The summed E-state index contributed by atoms with van der Waals surface area (Å²) in [5.41, 5.74) is 1.05. The number of aromatic nitrogens is 1. The summed E-state index contributed by atoms with van der Waals surface area (Å²) >= 11 is 1.64. The van der Waals surface area contributed by atoms with Crippen LogP contribution in [0.2, 0.25) is 0 Å². The molecule has 0 radical (unpaired) electrons. The van der Waals surface area contributed by atoms with E-state index < -0.39 is 0 Å². The lowest BCUT2D eigenvalue weighted by atomic mass is 10.1. The van der Waals surface area contributed by atoms with Gasteiger partial charge in [-0.25, -0.2) is 4.98 Å². The lowest BCUT2D eigenvalue weighted by molar-refractivity contribution is -0.122. The molecule has 2 heterocycles. The third kappa shape index (κ3) is 5.56. The maximum atomic E-state index is 11.7. The van der Waals surface area contributed by atoms with Crippen LogP contribution in [0, 0.1) is 6.92 Å². The van der Waals surface area contributed by atoms with E-state index >= 15 is 0 Å². The van der Waals surface area contributed by atoms with Gasteiger partial charge in [0.25, 0.3) is 0 Å². The molecule has 1 aliphatic heterocycles. The maximum Gasteiger partial charge on any atom is 0.222 e. The van der Waals surface area contributed by atoms with Crippen molar-refractivity contribution in [2.45, 2.75) is 38.7 Å². The number of piperidine rings is 1. The normalized spacial score (nSPS) is 16.2. The standard InChI is InChI=1S/C14H23N3O2S/c1-11-17-12(10-20-11)2-8-16-14(18)5-9-19-13-3-6-15-7-4-13/h10,13,15H,2-9H2,1H3,(H,16,18). The second-order valence-electron chi connectivity index (χ2n) is 5.03. The SMILES string of the molecule is Cc1nc(CCNC(=O)CCOC2CCNCC2)cs1. The molecule has 0 aromatic carbocycles. The van der Waals surface area contributed by atoms with Crippen LogP contribution < -0.4 is 10.6 Å². The number of hydrogen-bond acceptors (Lipinski definition) is 5. The molecule has 0 spiro atoms. The van der Waals surface area contributed by atoms with Gasteiger partial charge in [-0.2, -0.15) is 0 Å². The van der Waals surface area contributed by atoms with Gasteiger partial charge >= 0.3 is 0 Å². The van der Waals surface area contributed by atoms with Crippen molar-refractivity contribution < 1.29 is 9.53 Å². The quantitative estimate of drug-likeness (QED) is 0.795. The summed E-state index contributed by atoms with van der Waals surface area (Å²) in [6.45, 7) is 5.19. The van der Waals surface area contributed by atoms with Crippen LogP contribution in [-0.2, 0) is 16.0 Å². The topological polar surface area (TPSA) is 63.2 Å². The Balaban J connectivity index is 1.51. The van der Waals surface area contributed by atoms with Crippen LogP contribution in [0.5, 0.6) is 0 Å². The third-order valence-electron chi connectivity index (χ3n) is 3.34. The Hall–Kier alpha value is -0.980. The molecule has 2 rings (SSSR count). The predicted molar refractivity (Wildman–Crippen MR) is 80.0 cm³/mol. The van der Waals surface area contributed by atoms with E-state index in [4.69, 9.17) is 4.74 Å². The molecule has 1 aromatic rings. The molecular formula is C14H23N3O2S. The van der Waals surface area contributed by atoms with Gasteiger partial charge in [0.15, 0.2) is 0 Å². The van der Waals surface area contributed by atoms with Gasteiger partial charge in [0.1, 0.15) is 0 Å². The van der Waals surface area contributed by atoms with Crippen molar-refractivity contribution in [2.75, 3.05) is 26.2 Å². The number of carbonyl (C=O) groups is 1. The molecule has 1 saturated heterocycles. The van der Waals surface area contributed by atoms with Crippen LogP contribution in [-0.4, -0.2) is 43.2 Å². The van der Waals surface area contributed by atoms with Crippen molar-refractivity contribution >= 4 is 17.2 Å². The fourth-order valence-corrected chi connectivity index (χ4v) is 2.87. The monoisotopic (exact) mass is 297 g/mol. The summed E-state index contributed by atoms with van der Waals surface area (Å²) in [6.07, 6.45) is 3.66. The first-order chi connectivity index (χ1) is 9.74. The molecule has 0 aliphatic carbocycles. The largest absolute Gasteiger partial charge is 0.378 e. The number of aryl methyl sites for hydroxylation is 1. The highest BCUT2D eigenvalue weighted by molar-refractivity contribution is 7.09. The van der Waals surface area contributed by atoms with Crippen molar-refractivity contribution in [1.29, 1.82) is 0 Å². The first kappa shape index (κ1) is 15.4. The molecule has 0 atom stereocenters. The maximum absolute atomic E-state index is 11.7. The van der Waals surface area contributed by atoms with Crippen LogP contribution in [0.25, 0.3) is 0 Å². The fraction of sp³-hybridized carbons (Fsp3) is 0.714. The molecule has 2 N–H and O–H groups in total. The Labute approximate surface area is 124 Å². The van der Waals surface area contributed by atoms with E-state index in [2.05, 4.69) is 15.6 Å². The highest BCUT2D eigenvalue weighted by Gasteiger charge is 2.13. The molecule has 1 amide bonds. The second-order valence-corrected chi connectivity index (χ2v) is 6.09. The Morgan fingerprint density at radius 3 is 3.05 bits per heavy atom. The summed E-state index contributed by atoms with van der Waals surface area (Å²) in [7, 11) is 0. The van der Waals surface area contributed by atoms with E-state index in [0.717, 1.165) is 43.1 Å². The number of thiazole rings is 1. The second kappa shape index (κ2) is 8.34. The van der Waals surface area contributed by atoms with Crippen molar-refractivity contribution in [1.82, 2.24) is 15.6 Å². The van der Waals surface area contributed by atoms with Crippen LogP contribution in [0.15, 0.2) is 5.38 Å². The summed E-state index contributed by atoms with van der Waals surface area (Å²) in [5, 5.41) is 9.32. The Kier molecular flexibility index (Phi) is 6.42. The third-order valence-corrected chi connectivity index (χ3v) is 4.16. The number of carbonyl (C=O) groups excluding carboxylic acids is 1. The minimum Gasteiger partial charge on any atom is -0.378 e. The minimum absolute atomic E-state index is 0.0610. The van der Waals surface area contributed by atoms with Crippen LogP contribution in [0.1, 0.15) is 30.0 Å². The molecule has 1 fully saturated rings. The molecule has 5 nitrogen and oxygen atoms in total. The van der Waals surface area contributed by atoms with Gasteiger partial charge < -0.3 is 15.4 Å². The van der Waals surface area contributed by atoms with Crippen LogP contribution in [0.4, 0.5) is 0 Å². The van der Waals surface area contributed by atoms with Crippen molar-refractivity contribution in [3.63, 3.8) is 0 Å². The van der Waals surface area contributed by atoms with E-state index in [1.807, 2.05) is 12.3 Å². The van der Waals surface area contributed by atoms with Gasteiger partial charge in [-0.15, -0.1) is 11.3 Å². The van der Waals surface area contributed by atoms with Gasteiger partial charge in [-0.1, -0.05) is 0 Å². The summed E-state index contributed by atoms with van der Waals surface area (Å²) < 4.78 is 5.71. The van der Waals surface area contributed by atoms with Crippen molar-refractivity contribution in [3.8, 4) is 0 Å². The molecule has 6 heteroatoms. The van der Waals surface area contributed by atoms with E-state index in [1.54, 1.807) is 11.3 Å². The molecular weight excluding hydrogens is 274 g/mol. The molecule has 0 unspecified atom stereocenters. The zero-order valence-corrected chi connectivity index (χ0v) is 12.8. The van der Waals surface area contributed by atoms with Gasteiger partial charge in [0, 0.05) is 24.8 Å². The zero-order valence-electron chi connectivity index (χ0n) is 12.0. The predicted octanol–water partition coefficient (Wildman–Crippen LogP) is 1.27. The molecule has 1 aromatic heterocycles. The van der Waals surface area contributed by atoms with Gasteiger partial charge in [-0.3, -0.25) is 4.79 Å². The van der Waals surface area contributed by atoms with Gasteiger partial charge in [0.2, 0.25) is 5.91 Å². The number of nitrogens with one attached hydrogen (secondary N) is 2. The number of rotatable bonds is 7. The van der Waals surface area contributed by atoms with E-state index in [9.17, 15) is 4.79 Å². The summed E-state index contributed by atoms with van der Waals surface area (Å²) in [4.78, 5) is 16.0. The average Bonchev–Trinajstić information content (AvgIpc) is 2.86.